The van der Waals surface area contributed by atoms with E-state index in [9.17, 15) is 0 Å². The third-order valence-corrected chi connectivity index (χ3v) is 5.72. The van der Waals surface area contributed by atoms with Crippen molar-refractivity contribution < 1.29 is 33.2 Å². The molecule has 0 aromatic heterocycles. The molecule has 3 unspecified atom stereocenters. The summed E-state index contributed by atoms with van der Waals surface area (Å²) in [6.07, 6.45) is 3.36. The second-order valence-corrected chi connectivity index (χ2v) is 8.76. The third kappa shape index (κ3) is 6.99. The van der Waals surface area contributed by atoms with Crippen molar-refractivity contribution in [3.8, 4) is 0 Å². The number of rotatable bonds is 16. The third-order valence-electron chi connectivity index (χ3n) is 5.72. The van der Waals surface area contributed by atoms with E-state index >= 15 is 0 Å². The highest BCUT2D eigenvalue weighted by Crippen LogP contribution is 2.30. The van der Waals surface area contributed by atoms with Gasteiger partial charge in [-0.25, -0.2) is 0 Å². The van der Waals surface area contributed by atoms with Crippen LogP contribution in [0.25, 0.3) is 0 Å². The molecule has 4 aliphatic rings. The number of epoxide rings is 3. The van der Waals surface area contributed by atoms with E-state index in [4.69, 9.17) is 33.2 Å². The molecule has 1 aliphatic carbocycles. The Morgan fingerprint density at radius 3 is 1.20 bits per heavy atom. The molecule has 3 aliphatic heterocycles. The molecular formula is C23H32O7. The molecule has 7 heteroatoms. The van der Waals surface area contributed by atoms with Gasteiger partial charge in [-0.05, 0) is 41.0 Å². The first-order chi connectivity index (χ1) is 14.8. The van der Waals surface area contributed by atoms with E-state index in [1.807, 2.05) is 0 Å². The Morgan fingerprint density at radius 2 is 0.900 bits per heavy atom. The van der Waals surface area contributed by atoms with Gasteiger partial charge < -0.3 is 33.2 Å². The molecule has 3 atom stereocenters. The van der Waals surface area contributed by atoms with Crippen LogP contribution in [-0.2, 0) is 59.6 Å². The van der Waals surface area contributed by atoms with E-state index in [2.05, 4.69) is 12.1 Å². The summed E-state index contributed by atoms with van der Waals surface area (Å²) in [6.45, 7) is 7.40. The SMILES string of the molecule is c1c(COCC2CC2)c(COCC2CO2)cc(COCC2CO2)c1COCC1CO1. The van der Waals surface area contributed by atoms with Gasteiger partial charge >= 0.3 is 0 Å². The topological polar surface area (TPSA) is 74.5 Å². The maximum Gasteiger partial charge on any atom is 0.104 e. The molecule has 3 saturated heterocycles. The van der Waals surface area contributed by atoms with Crippen LogP contribution >= 0.6 is 0 Å². The summed E-state index contributed by atoms with van der Waals surface area (Å²) in [5, 5.41) is 0. The molecule has 5 rings (SSSR count). The van der Waals surface area contributed by atoms with Crippen LogP contribution in [0.4, 0.5) is 0 Å². The van der Waals surface area contributed by atoms with Crippen molar-refractivity contribution in [2.24, 2.45) is 5.92 Å². The summed E-state index contributed by atoms with van der Waals surface area (Å²) in [7, 11) is 0. The van der Waals surface area contributed by atoms with Crippen LogP contribution in [0, 0.1) is 5.92 Å². The van der Waals surface area contributed by atoms with Gasteiger partial charge in [-0.15, -0.1) is 0 Å². The Balaban J connectivity index is 1.25. The highest BCUT2D eigenvalue weighted by atomic mass is 16.6. The van der Waals surface area contributed by atoms with Crippen molar-refractivity contribution in [1.82, 2.24) is 0 Å². The molecule has 3 heterocycles. The first-order valence-electron chi connectivity index (χ1n) is 11.1. The van der Waals surface area contributed by atoms with Crippen LogP contribution in [0.15, 0.2) is 12.1 Å². The second kappa shape index (κ2) is 10.0. The molecule has 1 aromatic rings. The Morgan fingerprint density at radius 1 is 0.567 bits per heavy atom. The van der Waals surface area contributed by atoms with Crippen LogP contribution in [0.1, 0.15) is 35.1 Å². The lowest BCUT2D eigenvalue weighted by molar-refractivity contribution is 0.0875. The van der Waals surface area contributed by atoms with Gasteiger partial charge in [0.05, 0.1) is 66.1 Å². The number of ether oxygens (including phenoxy) is 7. The van der Waals surface area contributed by atoms with Gasteiger partial charge in [0.2, 0.25) is 0 Å². The fourth-order valence-corrected chi connectivity index (χ4v) is 3.34. The molecule has 1 saturated carbocycles. The van der Waals surface area contributed by atoms with E-state index in [1.165, 1.54) is 18.4 Å². The predicted octanol–water partition coefficient (Wildman–Crippen LogP) is 2.36. The highest BCUT2D eigenvalue weighted by molar-refractivity contribution is 5.38. The molecule has 0 radical (unpaired) electrons. The zero-order valence-electron chi connectivity index (χ0n) is 17.5. The lowest BCUT2D eigenvalue weighted by Gasteiger charge is -2.17. The minimum atomic E-state index is 0.258. The van der Waals surface area contributed by atoms with Gasteiger partial charge in [-0.1, -0.05) is 12.1 Å². The van der Waals surface area contributed by atoms with Crippen molar-refractivity contribution in [2.45, 2.75) is 57.6 Å². The van der Waals surface area contributed by atoms with Gasteiger partial charge in [-0.3, -0.25) is 0 Å². The lowest BCUT2D eigenvalue weighted by Crippen LogP contribution is -2.11. The second-order valence-electron chi connectivity index (χ2n) is 8.76. The molecule has 0 bridgehead atoms. The summed E-state index contributed by atoms with van der Waals surface area (Å²) in [4.78, 5) is 0. The quantitative estimate of drug-likeness (QED) is 0.380. The number of benzene rings is 1. The van der Waals surface area contributed by atoms with E-state index in [0.29, 0.717) is 46.2 Å². The van der Waals surface area contributed by atoms with Gasteiger partial charge in [-0.2, -0.15) is 0 Å². The van der Waals surface area contributed by atoms with Crippen LogP contribution in [0.3, 0.4) is 0 Å². The van der Waals surface area contributed by atoms with Crippen LogP contribution in [0.5, 0.6) is 0 Å². The predicted molar refractivity (Wildman–Crippen MR) is 107 cm³/mol. The highest BCUT2D eigenvalue weighted by Gasteiger charge is 2.25. The summed E-state index contributed by atoms with van der Waals surface area (Å²) >= 11 is 0. The Kier molecular flexibility index (Phi) is 6.97. The smallest absolute Gasteiger partial charge is 0.104 e. The molecule has 1 aromatic carbocycles. The Bertz CT molecular complexity index is 579. The zero-order chi connectivity index (χ0) is 20.2. The van der Waals surface area contributed by atoms with Gasteiger partial charge in [0.15, 0.2) is 0 Å². The summed E-state index contributed by atoms with van der Waals surface area (Å²) in [5.41, 5.74) is 4.61. The van der Waals surface area contributed by atoms with Crippen molar-refractivity contribution in [3.63, 3.8) is 0 Å². The minimum absolute atomic E-state index is 0.258. The molecular weight excluding hydrogens is 388 g/mol. The van der Waals surface area contributed by atoms with E-state index in [-0.39, 0.29) is 18.3 Å². The molecule has 30 heavy (non-hydrogen) atoms. The fraction of sp³-hybridized carbons (Fsp3) is 0.739. The molecule has 0 amide bonds. The van der Waals surface area contributed by atoms with Crippen molar-refractivity contribution in [2.75, 3.05) is 46.2 Å². The van der Waals surface area contributed by atoms with E-state index in [0.717, 1.165) is 49.0 Å². The van der Waals surface area contributed by atoms with Gasteiger partial charge in [0.1, 0.15) is 18.3 Å². The van der Waals surface area contributed by atoms with Gasteiger partial charge in [0.25, 0.3) is 0 Å². The normalized spacial score (nSPS) is 26.7. The number of hydrogen-bond acceptors (Lipinski definition) is 7. The van der Waals surface area contributed by atoms with Crippen molar-refractivity contribution in [3.05, 3.63) is 34.4 Å². The first kappa shape index (κ1) is 20.8. The molecule has 4 fully saturated rings. The Hall–Kier alpha value is -1.06. The lowest BCUT2D eigenvalue weighted by atomic mass is 9.99. The zero-order valence-corrected chi connectivity index (χ0v) is 17.5. The molecule has 0 N–H and O–H groups in total. The summed E-state index contributed by atoms with van der Waals surface area (Å²) in [6, 6.07) is 4.41. The maximum atomic E-state index is 6.00. The molecule has 7 nitrogen and oxygen atoms in total. The average Bonchev–Trinajstić information content (AvgIpc) is 3.56. The van der Waals surface area contributed by atoms with Gasteiger partial charge in [0, 0.05) is 6.61 Å². The van der Waals surface area contributed by atoms with E-state index < -0.39 is 0 Å². The maximum absolute atomic E-state index is 6.00. The molecule has 0 spiro atoms. The van der Waals surface area contributed by atoms with Crippen LogP contribution in [0.2, 0.25) is 0 Å². The standard InChI is InChI=1S/C23H32O7/c1-2-16(1)5-24-6-17-3-19(8-26-11-22-14-29-22)20(9-27-12-23-15-30-23)4-18(17)7-25-10-21-13-28-21/h3-4,16,21-23H,1-2,5-15H2. The molecule has 166 valence electrons. The first-order valence-corrected chi connectivity index (χ1v) is 11.1. The summed E-state index contributed by atoms with van der Waals surface area (Å²) in [5.74, 6) is 0.746. The minimum Gasteiger partial charge on any atom is -0.376 e. The average molecular weight is 421 g/mol. The van der Waals surface area contributed by atoms with Crippen LogP contribution < -0.4 is 0 Å². The fourth-order valence-electron chi connectivity index (χ4n) is 3.34. The van der Waals surface area contributed by atoms with E-state index in [1.54, 1.807) is 0 Å². The van der Waals surface area contributed by atoms with Crippen LogP contribution in [-0.4, -0.2) is 64.6 Å². The number of hydrogen-bond donors (Lipinski definition) is 0. The summed E-state index contributed by atoms with van der Waals surface area (Å²) < 4.78 is 39.5. The monoisotopic (exact) mass is 420 g/mol. The Labute approximate surface area is 177 Å². The van der Waals surface area contributed by atoms with Crippen molar-refractivity contribution >= 4 is 0 Å². The van der Waals surface area contributed by atoms with Crippen molar-refractivity contribution in [1.29, 1.82) is 0 Å². The largest absolute Gasteiger partial charge is 0.376 e.